The fourth-order valence-corrected chi connectivity index (χ4v) is 4.73. The minimum Gasteiger partial charge on any atom is -0.378 e. The Bertz CT molecular complexity index is 1330. The van der Waals surface area contributed by atoms with Crippen molar-refractivity contribution in [2.45, 2.75) is 19.9 Å². The quantitative estimate of drug-likeness (QED) is 0.397. The van der Waals surface area contributed by atoms with Gasteiger partial charge in [0.1, 0.15) is 6.04 Å². The Morgan fingerprint density at radius 2 is 1.62 bits per heavy atom. The summed E-state index contributed by atoms with van der Waals surface area (Å²) < 4.78 is 0. The molecule has 0 saturated heterocycles. The highest BCUT2D eigenvalue weighted by molar-refractivity contribution is 8.14. The van der Waals surface area contributed by atoms with Crippen LogP contribution in [0.15, 0.2) is 95.1 Å². The van der Waals surface area contributed by atoms with E-state index in [1.807, 2.05) is 112 Å². The van der Waals surface area contributed by atoms with E-state index in [-0.39, 0.29) is 17.6 Å². The highest BCUT2D eigenvalue weighted by Gasteiger charge is 2.30. The van der Waals surface area contributed by atoms with E-state index in [4.69, 9.17) is 4.99 Å². The molecular formula is C29H31N5O2S. The van der Waals surface area contributed by atoms with Gasteiger partial charge in [0.25, 0.3) is 5.91 Å². The number of amidine groups is 1. The fourth-order valence-electron chi connectivity index (χ4n) is 3.98. The molecule has 7 nitrogen and oxygen atoms in total. The number of para-hydroxylation sites is 1. The minimum atomic E-state index is -0.511. The van der Waals surface area contributed by atoms with Gasteiger partial charge < -0.3 is 20.9 Å². The predicted octanol–water partition coefficient (Wildman–Crippen LogP) is 5.35. The molecule has 0 unspecified atom stereocenters. The Labute approximate surface area is 222 Å². The number of benzene rings is 3. The van der Waals surface area contributed by atoms with Crippen LogP contribution in [-0.4, -0.2) is 36.8 Å². The van der Waals surface area contributed by atoms with Crippen LogP contribution in [-0.2, 0) is 9.59 Å². The van der Waals surface area contributed by atoms with Crippen LogP contribution in [0.25, 0.3) is 0 Å². The number of anilines is 3. The first-order valence-electron chi connectivity index (χ1n) is 12.0. The maximum atomic E-state index is 13.4. The summed E-state index contributed by atoms with van der Waals surface area (Å²) in [6, 6.07) is 24.5. The van der Waals surface area contributed by atoms with E-state index >= 15 is 0 Å². The van der Waals surface area contributed by atoms with Crippen molar-refractivity contribution in [2.75, 3.05) is 35.4 Å². The third-order valence-electron chi connectivity index (χ3n) is 5.86. The van der Waals surface area contributed by atoms with E-state index in [2.05, 4.69) is 16.0 Å². The third-order valence-corrected chi connectivity index (χ3v) is 6.75. The SMILES string of the molecule is CC1=C(C(=O)Nc2ccccc2)[C@H](c2ccc(N(C)C)cc2)N=C(SCC(=O)Nc2cccc(C)c2)N1. The maximum absolute atomic E-state index is 13.4. The standard InChI is InChI=1S/C29H31N5O2S/c1-19-9-8-12-23(17-19)31-25(35)18-37-29-30-20(2)26(28(36)32-22-10-6-5-7-11-22)27(33-29)21-13-15-24(16-14-21)34(3)4/h5-17,27H,18H2,1-4H3,(H,30,33)(H,31,35)(H,32,36)/t27-/m0/s1. The first-order chi connectivity index (χ1) is 17.8. The molecule has 0 radical (unpaired) electrons. The topological polar surface area (TPSA) is 85.8 Å². The summed E-state index contributed by atoms with van der Waals surface area (Å²) in [6.45, 7) is 3.85. The maximum Gasteiger partial charge on any atom is 0.255 e. The molecule has 0 aliphatic carbocycles. The van der Waals surface area contributed by atoms with Crippen LogP contribution in [0.5, 0.6) is 0 Å². The highest BCUT2D eigenvalue weighted by Crippen LogP contribution is 2.34. The van der Waals surface area contributed by atoms with Crippen LogP contribution >= 0.6 is 11.8 Å². The molecule has 190 valence electrons. The van der Waals surface area contributed by atoms with Gasteiger partial charge in [0, 0.05) is 36.9 Å². The molecule has 1 heterocycles. The zero-order chi connectivity index (χ0) is 26.4. The van der Waals surface area contributed by atoms with Crippen LogP contribution in [0.4, 0.5) is 17.1 Å². The van der Waals surface area contributed by atoms with Crippen LogP contribution in [0.2, 0.25) is 0 Å². The number of aliphatic imine (C=N–C) groups is 1. The van der Waals surface area contributed by atoms with E-state index in [0.717, 1.165) is 22.5 Å². The Balaban J connectivity index is 1.55. The number of rotatable bonds is 7. The van der Waals surface area contributed by atoms with Gasteiger partial charge in [0.15, 0.2) is 5.17 Å². The van der Waals surface area contributed by atoms with E-state index < -0.39 is 6.04 Å². The van der Waals surface area contributed by atoms with Gasteiger partial charge >= 0.3 is 0 Å². The lowest BCUT2D eigenvalue weighted by Crippen LogP contribution is -2.32. The number of carbonyl (C=O) groups is 2. The fraction of sp³-hybridized carbons (Fsp3) is 0.207. The average molecular weight is 514 g/mol. The summed E-state index contributed by atoms with van der Waals surface area (Å²) in [7, 11) is 3.97. The van der Waals surface area contributed by atoms with E-state index in [9.17, 15) is 9.59 Å². The van der Waals surface area contributed by atoms with Crippen LogP contribution in [0, 0.1) is 6.92 Å². The van der Waals surface area contributed by atoms with Crippen molar-refractivity contribution < 1.29 is 9.59 Å². The lowest BCUT2D eigenvalue weighted by Gasteiger charge is -2.26. The van der Waals surface area contributed by atoms with Crippen molar-refractivity contribution in [1.82, 2.24) is 5.32 Å². The third kappa shape index (κ3) is 6.80. The van der Waals surface area contributed by atoms with E-state index in [1.54, 1.807) is 0 Å². The van der Waals surface area contributed by atoms with Gasteiger partial charge in [-0.2, -0.15) is 0 Å². The molecule has 1 aliphatic rings. The number of nitrogens with zero attached hydrogens (tertiary/aromatic N) is 2. The summed E-state index contributed by atoms with van der Waals surface area (Å²) in [5.41, 5.74) is 5.74. The Morgan fingerprint density at radius 3 is 2.30 bits per heavy atom. The zero-order valence-electron chi connectivity index (χ0n) is 21.4. The van der Waals surface area contributed by atoms with E-state index in [0.29, 0.717) is 22.1 Å². The average Bonchev–Trinajstić information content (AvgIpc) is 2.87. The Morgan fingerprint density at radius 1 is 0.919 bits per heavy atom. The van der Waals surface area contributed by atoms with Crippen LogP contribution in [0.1, 0.15) is 24.1 Å². The number of hydrogen-bond acceptors (Lipinski definition) is 6. The van der Waals surface area contributed by atoms with Gasteiger partial charge in [-0.3, -0.25) is 9.59 Å². The largest absolute Gasteiger partial charge is 0.378 e. The van der Waals surface area contributed by atoms with E-state index in [1.165, 1.54) is 11.8 Å². The molecule has 0 bridgehead atoms. The summed E-state index contributed by atoms with van der Waals surface area (Å²) in [5.74, 6) is -0.158. The number of hydrogen-bond donors (Lipinski definition) is 3. The van der Waals surface area contributed by atoms with Gasteiger partial charge in [0.2, 0.25) is 5.91 Å². The second-order valence-electron chi connectivity index (χ2n) is 9.01. The van der Waals surface area contributed by atoms with Crippen LogP contribution < -0.4 is 20.9 Å². The van der Waals surface area contributed by atoms with Gasteiger partial charge in [-0.05, 0) is 61.4 Å². The molecule has 37 heavy (non-hydrogen) atoms. The first kappa shape index (κ1) is 26.0. The molecule has 0 spiro atoms. The molecular weight excluding hydrogens is 482 g/mol. The molecule has 3 N–H and O–H groups in total. The van der Waals surface area contributed by atoms with Crippen molar-refractivity contribution in [2.24, 2.45) is 4.99 Å². The second kappa shape index (κ2) is 11.8. The summed E-state index contributed by atoms with van der Waals surface area (Å²) in [5, 5.41) is 9.73. The van der Waals surface area contributed by atoms with Gasteiger partial charge in [-0.15, -0.1) is 0 Å². The molecule has 8 heteroatoms. The lowest BCUT2D eigenvalue weighted by atomic mass is 9.95. The minimum absolute atomic E-state index is 0.124. The number of carbonyl (C=O) groups excluding carboxylic acids is 2. The van der Waals surface area contributed by atoms with Gasteiger partial charge in [0.05, 0.1) is 11.3 Å². The number of allylic oxidation sites excluding steroid dienone is 1. The van der Waals surface area contributed by atoms with Crippen molar-refractivity contribution in [3.8, 4) is 0 Å². The molecule has 2 amide bonds. The molecule has 0 fully saturated rings. The molecule has 3 aromatic rings. The normalized spacial score (nSPS) is 14.9. The predicted molar refractivity (Wildman–Crippen MR) is 154 cm³/mol. The number of aryl methyl sites for hydroxylation is 1. The number of thioether (sulfide) groups is 1. The highest BCUT2D eigenvalue weighted by atomic mass is 32.2. The lowest BCUT2D eigenvalue weighted by molar-refractivity contribution is -0.114. The molecule has 1 aliphatic heterocycles. The Hall–Kier alpha value is -4.04. The monoisotopic (exact) mass is 513 g/mol. The number of nitrogens with one attached hydrogen (secondary N) is 3. The molecule has 0 saturated carbocycles. The Kier molecular flexibility index (Phi) is 8.30. The molecule has 3 aromatic carbocycles. The summed E-state index contributed by atoms with van der Waals surface area (Å²) >= 11 is 1.31. The van der Waals surface area contributed by atoms with Crippen molar-refractivity contribution in [3.05, 3.63) is 101 Å². The summed E-state index contributed by atoms with van der Waals surface area (Å²) in [4.78, 5) is 32.9. The molecule has 4 rings (SSSR count). The number of amides is 2. The van der Waals surface area contributed by atoms with Crippen LogP contribution in [0.3, 0.4) is 0 Å². The van der Waals surface area contributed by atoms with Gasteiger partial charge in [-0.1, -0.05) is 54.2 Å². The smallest absolute Gasteiger partial charge is 0.255 e. The second-order valence-corrected chi connectivity index (χ2v) is 9.98. The van der Waals surface area contributed by atoms with Crippen molar-refractivity contribution >= 4 is 45.8 Å². The van der Waals surface area contributed by atoms with Crippen molar-refractivity contribution in [3.63, 3.8) is 0 Å². The zero-order valence-corrected chi connectivity index (χ0v) is 22.2. The molecule has 0 aromatic heterocycles. The van der Waals surface area contributed by atoms with Crippen molar-refractivity contribution in [1.29, 1.82) is 0 Å². The van der Waals surface area contributed by atoms with Gasteiger partial charge in [-0.25, -0.2) is 4.99 Å². The summed E-state index contributed by atoms with van der Waals surface area (Å²) in [6.07, 6.45) is 0. The molecule has 1 atom stereocenters. The first-order valence-corrected chi connectivity index (χ1v) is 13.0.